The summed E-state index contributed by atoms with van der Waals surface area (Å²) in [6, 6.07) is 5.39. The first-order chi connectivity index (χ1) is 11.1. The van der Waals surface area contributed by atoms with Gasteiger partial charge >= 0.3 is 0 Å². The number of nitrogens with one attached hydrogen (secondary N) is 1. The number of nitrogens with zero attached hydrogens (tertiary/aromatic N) is 3. The largest absolute Gasteiger partial charge is 0.317 e. The van der Waals surface area contributed by atoms with Crippen molar-refractivity contribution in [1.29, 1.82) is 0 Å². The Hall–Kier alpha value is -2.08. The topological polar surface area (TPSA) is 79.9 Å². The maximum atomic E-state index is 11.6. The van der Waals surface area contributed by atoms with E-state index in [-0.39, 0.29) is 10.6 Å². The van der Waals surface area contributed by atoms with Crippen LogP contribution in [0.25, 0.3) is 0 Å². The summed E-state index contributed by atoms with van der Waals surface area (Å²) >= 11 is 0. The molecule has 122 valence electrons. The molecule has 1 aromatic rings. The van der Waals surface area contributed by atoms with E-state index in [0.29, 0.717) is 17.9 Å². The van der Waals surface area contributed by atoms with Crippen LogP contribution in [0.1, 0.15) is 50.2 Å². The summed E-state index contributed by atoms with van der Waals surface area (Å²) in [5.74, 6) is 0.320. The normalized spacial score (nSPS) is 24.7. The molecule has 0 bridgehead atoms. The highest BCUT2D eigenvalue weighted by molar-refractivity contribution is 6.30. The third-order valence-corrected chi connectivity index (χ3v) is 4.77. The summed E-state index contributed by atoms with van der Waals surface area (Å²) in [5, 5.41) is 15.0. The molecule has 0 aliphatic carbocycles. The van der Waals surface area contributed by atoms with Gasteiger partial charge in [-0.05, 0) is 50.8 Å². The van der Waals surface area contributed by atoms with E-state index in [0.717, 1.165) is 37.2 Å². The molecule has 1 atom stereocenters. The number of nitro groups is 1. The zero-order chi connectivity index (χ0) is 16.4. The lowest BCUT2D eigenvalue weighted by Crippen LogP contribution is -2.29. The van der Waals surface area contributed by atoms with Crippen molar-refractivity contribution in [2.45, 2.75) is 44.7 Å². The van der Waals surface area contributed by atoms with E-state index in [9.17, 15) is 10.1 Å². The third-order valence-electron chi connectivity index (χ3n) is 4.77. The molecule has 0 spiro atoms. The fraction of sp³-hybridized carbons (Fsp3) is 0.529. The summed E-state index contributed by atoms with van der Waals surface area (Å²) in [4.78, 5) is 20.6. The van der Waals surface area contributed by atoms with Gasteiger partial charge in [-0.15, -0.1) is 0 Å². The maximum Gasteiger partial charge on any atom is 0.277 e. The van der Waals surface area contributed by atoms with Crippen LogP contribution in [-0.4, -0.2) is 29.9 Å². The highest BCUT2D eigenvalue weighted by Gasteiger charge is 2.41. The molecule has 23 heavy (non-hydrogen) atoms. The van der Waals surface area contributed by atoms with Gasteiger partial charge in [-0.3, -0.25) is 20.1 Å². The van der Waals surface area contributed by atoms with Gasteiger partial charge in [0.05, 0.1) is 16.2 Å². The summed E-state index contributed by atoms with van der Waals surface area (Å²) in [7, 11) is 0. The van der Waals surface area contributed by atoms with E-state index < -0.39 is 5.66 Å². The van der Waals surface area contributed by atoms with Gasteiger partial charge in [-0.2, -0.15) is 0 Å². The summed E-state index contributed by atoms with van der Waals surface area (Å²) in [5.41, 5.74) is 1.85. The number of benzene rings is 1. The molecular weight excluding hydrogens is 292 g/mol. The predicted molar refractivity (Wildman–Crippen MR) is 91.5 cm³/mol. The van der Waals surface area contributed by atoms with Gasteiger partial charge in [0.2, 0.25) is 0 Å². The van der Waals surface area contributed by atoms with Gasteiger partial charge in [-0.1, -0.05) is 19.1 Å². The van der Waals surface area contributed by atoms with E-state index in [1.54, 1.807) is 18.3 Å². The molecule has 6 nitrogen and oxygen atoms in total. The average molecular weight is 314 g/mol. The molecule has 0 radical (unpaired) electrons. The zero-order valence-electron chi connectivity index (χ0n) is 13.6. The molecule has 2 aliphatic heterocycles. The van der Waals surface area contributed by atoms with Crippen LogP contribution in [0.5, 0.6) is 0 Å². The van der Waals surface area contributed by atoms with Gasteiger partial charge < -0.3 is 5.32 Å². The summed E-state index contributed by atoms with van der Waals surface area (Å²) in [6.45, 7) is 5.76. The van der Waals surface area contributed by atoms with E-state index in [1.807, 2.05) is 19.9 Å². The van der Waals surface area contributed by atoms with Crippen LogP contribution in [0, 0.1) is 10.1 Å². The minimum absolute atomic E-state index is 0.137. The Labute approximate surface area is 135 Å². The van der Waals surface area contributed by atoms with E-state index >= 15 is 0 Å². The standard InChI is InChI=1S/C17H22N4O2/c1-3-17(19-11-12(2)20-17)16-14(13-7-9-18-10-8-13)5-4-6-15(16)21(22)23/h4-6,11,13,18H,3,7-10H2,1-2H3. The monoisotopic (exact) mass is 314 g/mol. The summed E-state index contributed by atoms with van der Waals surface area (Å²) in [6.07, 6.45) is 4.32. The number of hydrogen-bond acceptors (Lipinski definition) is 5. The van der Waals surface area contributed by atoms with Crippen molar-refractivity contribution in [3.05, 3.63) is 39.4 Å². The molecular formula is C17H22N4O2. The van der Waals surface area contributed by atoms with Crippen molar-refractivity contribution >= 4 is 17.6 Å². The van der Waals surface area contributed by atoms with Crippen LogP contribution in [-0.2, 0) is 5.66 Å². The van der Waals surface area contributed by atoms with Crippen molar-refractivity contribution in [1.82, 2.24) is 5.32 Å². The second-order valence-corrected chi connectivity index (χ2v) is 6.20. The number of hydrogen-bond donors (Lipinski definition) is 1. The molecule has 0 aromatic heterocycles. The van der Waals surface area contributed by atoms with Crippen molar-refractivity contribution < 1.29 is 4.92 Å². The molecule has 0 amide bonds. The molecule has 1 N–H and O–H groups in total. The lowest BCUT2D eigenvalue weighted by atomic mass is 9.81. The van der Waals surface area contributed by atoms with Crippen molar-refractivity contribution in [2.24, 2.45) is 9.98 Å². The second kappa shape index (κ2) is 6.20. The van der Waals surface area contributed by atoms with Crippen LogP contribution in [0.4, 0.5) is 5.69 Å². The van der Waals surface area contributed by atoms with Crippen molar-refractivity contribution in [2.75, 3.05) is 13.1 Å². The van der Waals surface area contributed by atoms with E-state index in [4.69, 9.17) is 0 Å². The van der Waals surface area contributed by atoms with Crippen LogP contribution in [0.15, 0.2) is 28.2 Å². The fourth-order valence-electron chi connectivity index (χ4n) is 3.64. The molecule has 6 heteroatoms. The first-order valence-electron chi connectivity index (χ1n) is 8.17. The first-order valence-corrected chi connectivity index (χ1v) is 8.17. The molecule has 1 fully saturated rings. The van der Waals surface area contributed by atoms with Crippen LogP contribution >= 0.6 is 0 Å². The zero-order valence-corrected chi connectivity index (χ0v) is 13.6. The highest BCUT2D eigenvalue weighted by atomic mass is 16.6. The number of aliphatic imine (C=N–C) groups is 2. The third kappa shape index (κ3) is 2.79. The first kappa shape index (κ1) is 15.8. The molecule has 0 saturated carbocycles. The Morgan fingerprint density at radius 3 is 2.70 bits per heavy atom. The second-order valence-electron chi connectivity index (χ2n) is 6.20. The van der Waals surface area contributed by atoms with Gasteiger partial charge in [0.15, 0.2) is 5.66 Å². The Kier molecular flexibility index (Phi) is 4.26. The average Bonchev–Trinajstić information content (AvgIpc) is 2.97. The minimum Gasteiger partial charge on any atom is -0.317 e. The Morgan fingerprint density at radius 2 is 2.13 bits per heavy atom. The quantitative estimate of drug-likeness (QED) is 0.684. The minimum atomic E-state index is -0.839. The maximum absolute atomic E-state index is 11.6. The lowest BCUT2D eigenvalue weighted by molar-refractivity contribution is -0.386. The van der Waals surface area contributed by atoms with Crippen LogP contribution in [0.2, 0.25) is 0 Å². The Morgan fingerprint density at radius 1 is 1.39 bits per heavy atom. The predicted octanol–water partition coefficient (Wildman–Crippen LogP) is 3.17. The van der Waals surface area contributed by atoms with Gasteiger partial charge in [0.1, 0.15) is 0 Å². The molecule has 3 rings (SSSR count). The molecule has 1 saturated heterocycles. The summed E-state index contributed by atoms with van der Waals surface area (Å²) < 4.78 is 0. The van der Waals surface area contributed by atoms with E-state index in [2.05, 4.69) is 15.3 Å². The SMILES string of the molecule is CCC1(c2c(C3CCNCC3)cccc2[N+](=O)[O-])N=CC(C)=N1. The number of rotatable bonds is 4. The number of nitro benzene ring substituents is 1. The van der Waals surface area contributed by atoms with Crippen LogP contribution < -0.4 is 5.32 Å². The van der Waals surface area contributed by atoms with Crippen LogP contribution in [0.3, 0.4) is 0 Å². The molecule has 2 heterocycles. The molecule has 2 aliphatic rings. The lowest BCUT2D eigenvalue weighted by Gasteiger charge is -2.30. The fourth-order valence-corrected chi connectivity index (χ4v) is 3.64. The molecule has 1 aromatic carbocycles. The van der Waals surface area contributed by atoms with E-state index in [1.165, 1.54) is 0 Å². The molecule has 1 unspecified atom stereocenters. The van der Waals surface area contributed by atoms with Gasteiger partial charge in [0.25, 0.3) is 5.69 Å². The Bertz CT molecular complexity index is 677. The van der Waals surface area contributed by atoms with Crippen molar-refractivity contribution in [3.63, 3.8) is 0 Å². The number of piperidine rings is 1. The Balaban J connectivity index is 2.20. The van der Waals surface area contributed by atoms with Crippen molar-refractivity contribution in [3.8, 4) is 0 Å². The van der Waals surface area contributed by atoms with Gasteiger partial charge in [-0.25, -0.2) is 0 Å². The highest BCUT2D eigenvalue weighted by Crippen LogP contribution is 2.44. The smallest absolute Gasteiger partial charge is 0.277 e. The van der Waals surface area contributed by atoms with Gasteiger partial charge in [0, 0.05) is 12.3 Å².